The first-order valence-electron chi connectivity index (χ1n) is 7.64. The van der Waals surface area contributed by atoms with Crippen LogP contribution in [0, 0.1) is 5.82 Å². The van der Waals surface area contributed by atoms with Gasteiger partial charge in [-0.25, -0.2) is 9.18 Å². The van der Waals surface area contributed by atoms with Crippen molar-refractivity contribution >= 4 is 38.8 Å². The molecule has 25 heavy (non-hydrogen) atoms. The SMILES string of the molecule is O=C(O)N1CCN(C(=O)c2cc(F)c(Br)c3cn[nH]c23)[C@@H](CCO)C1. The number of aromatic nitrogens is 2. The minimum atomic E-state index is -1.07. The fraction of sp³-hybridized carbons (Fsp3) is 0.400. The molecule has 1 fully saturated rings. The van der Waals surface area contributed by atoms with Gasteiger partial charge in [0.2, 0.25) is 0 Å². The number of rotatable bonds is 3. The first kappa shape index (κ1) is 17.6. The highest BCUT2D eigenvalue weighted by Crippen LogP contribution is 2.30. The van der Waals surface area contributed by atoms with Gasteiger partial charge >= 0.3 is 6.09 Å². The van der Waals surface area contributed by atoms with E-state index in [4.69, 9.17) is 5.11 Å². The number of aliphatic hydroxyl groups is 1. The molecule has 2 amide bonds. The quantitative estimate of drug-likeness (QED) is 0.707. The van der Waals surface area contributed by atoms with Gasteiger partial charge in [0, 0.05) is 31.6 Å². The predicted octanol–water partition coefficient (Wildman–Crippen LogP) is 1.65. The van der Waals surface area contributed by atoms with E-state index in [1.165, 1.54) is 16.0 Å². The van der Waals surface area contributed by atoms with E-state index >= 15 is 0 Å². The second kappa shape index (κ2) is 6.96. The zero-order chi connectivity index (χ0) is 18.1. The Kier molecular flexibility index (Phi) is 4.91. The van der Waals surface area contributed by atoms with E-state index in [0.29, 0.717) is 10.9 Å². The fourth-order valence-corrected chi connectivity index (χ4v) is 3.48. The molecule has 1 aromatic carbocycles. The van der Waals surface area contributed by atoms with Crippen molar-refractivity contribution in [2.45, 2.75) is 12.5 Å². The predicted molar refractivity (Wildman–Crippen MR) is 89.9 cm³/mol. The van der Waals surface area contributed by atoms with Gasteiger partial charge < -0.3 is 20.0 Å². The van der Waals surface area contributed by atoms with Gasteiger partial charge in [-0.05, 0) is 28.4 Å². The topological polar surface area (TPSA) is 110 Å². The number of halogens is 2. The van der Waals surface area contributed by atoms with Gasteiger partial charge in [0.15, 0.2) is 0 Å². The molecule has 1 atom stereocenters. The van der Waals surface area contributed by atoms with Crippen LogP contribution in [0.15, 0.2) is 16.7 Å². The van der Waals surface area contributed by atoms with Crippen LogP contribution in [0.2, 0.25) is 0 Å². The van der Waals surface area contributed by atoms with Gasteiger partial charge in [0.1, 0.15) is 5.82 Å². The first-order valence-corrected chi connectivity index (χ1v) is 8.44. The Balaban J connectivity index is 1.96. The number of fused-ring (bicyclic) bond motifs is 1. The summed E-state index contributed by atoms with van der Waals surface area (Å²) in [5, 5.41) is 25.4. The molecule has 0 unspecified atom stereocenters. The molecule has 1 saturated heterocycles. The number of carbonyl (C=O) groups is 2. The minimum Gasteiger partial charge on any atom is -0.465 e. The Morgan fingerprint density at radius 1 is 1.44 bits per heavy atom. The molecule has 0 radical (unpaired) electrons. The third kappa shape index (κ3) is 3.19. The second-order valence-corrected chi connectivity index (χ2v) is 6.56. The monoisotopic (exact) mass is 414 g/mol. The molecule has 0 saturated carbocycles. The largest absolute Gasteiger partial charge is 0.465 e. The molecule has 0 aliphatic carbocycles. The lowest BCUT2D eigenvalue weighted by Crippen LogP contribution is -2.56. The summed E-state index contributed by atoms with van der Waals surface area (Å²) in [5.74, 6) is -1.01. The van der Waals surface area contributed by atoms with Crippen LogP contribution >= 0.6 is 15.9 Å². The number of amides is 2. The lowest BCUT2D eigenvalue weighted by Gasteiger charge is -2.40. The van der Waals surface area contributed by atoms with E-state index in [2.05, 4.69) is 26.1 Å². The highest BCUT2D eigenvalue weighted by Gasteiger charge is 2.33. The number of benzene rings is 1. The van der Waals surface area contributed by atoms with Crippen LogP contribution in [0.25, 0.3) is 10.9 Å². The maximum atomic E-state index is 14.1. The lowest BCUT2D eigenvalue weighted by atomic mass is 10.0. The van der Waals surface area contributed by atoms with Crippen molar-refractivity contribution in [3.63, 3.8) is 0 Å². The number of carboxylic acid groups (broad SMARTS) is 1. The Bertz CT molecular complexity index is 827. The zero-order valence-electron chi connectivity index (χ0n) is 13.1. The number of aromatic amines is 1. The van der Waals surface area contributed by atoms with Crippen LogP contribution < -0.4 is 0 Å². The molecule has 2 heterocycles. The van der Waals surface area contributed by atoms with E-state index in [0.717, 1.165) is 6.07 Å². The zero-order valence-corrected chi connectivity index (χ0v) is 14.7. The molecular formula is C15H16BrFN4O4. The minimum absolute atomic E-state index is 0.104. The van der Waals surface area contributed by atoms with Crippen LogP contribution in [-0.4, -0.2) is 74.5 Å². The molecule has 0 bridgehead atoms. The Morgan fingerprint density at radius 3 is 2.88 bits per heavy atom. The van der Waals surface area contributed by atoms with Crippen molar-refractivity contribution in [2.24, 2.45) is 0 Å². The fourth-order valence-electron chi connectivity index (χ4n) is 3.06. The van der Waals surface area contributed by atoms with Crippen molar-refractivity contribution in [1.82, 2.24) is 20.0 Å². The van der Waals surface area contributed by atoms with E-state index < -0.39 is 23.9 Å². The molecule has 1 aromatic heterocycles. The summed E-state index contributed by atoms with van der Waals surface area (Å²) in [5.41, 5.74) is 0.529. The van der Waals surface area contributed by atoms with Gasteiger partial charge in [0.05, 0.1) is 27.8 Å². The maximum Gasteiger partial charge on any atom is 0.407 e. The molecule has 10 heteroatoms. The summed E-state index contributed by atoms with van der Waals surface area (Å²) in [6, 6.07) is 0.652. The van der Waals surface area contributed by atoms with Gasteiger partial charge in [-0.15, -0.1) is 0 Å². The van der Waals surface area contributed by atoms with Crippen LogP contribution in [0.4, 0.5) is 9.18 Å². The number of aliphatic hydroxyl groups excluding tert-OH is 1. The van der Waals surface area contributed by atoms with Gasteiger partial charge in [-0.1, -0.05) is 0 Å². The first-order chi connectivity index (χ1) is 11.9. The third-order valence-electron chi connectivity index (χ3n) is 4.33. The van der Waals surface area contributed by atoms with E-state index in [-0.39, 0.29) is 42.7 Å². The number of carbonyl (C=O) groups excluding carboxylic acids is 1. The van der Waals surface area contributed by atoms with Crippen LogP contribution in [0.1, 0.15) is 16.8 Å². The number of nitrogens with one attached hydrogen (secondary N) is 1. The average molecular weight is 415 g/mol. The molecule has 3 rings (SSSR count). The van der Waals surface area contributed by atoms with Gasteiger partial charge in [-0.3, -0.25) is 9.89 Å². The number of nitrogens with zero attached hydrogens (tertiary/aromatic N) is 3. The Labute approximate surface area is 150 Å². The van der Waals surface area contributed by atoms with Crippen LogP contribution in [0.3, 0.4) is 0 Å². The van der Waals surface area contributed by atoms with Crippen molar-refractivity contribution < 1.29 is 24.2 Å². The summed E-state index contributed by atoms with van der Waals surface area (Å²) in [7, 11) is 0. The van der Waals surface area contributed by atoms with Gasteiger partial charge in [0.25, 0.3) is 5.91 Å². The molecule has 0 spiro atoms. The molecule has 1 aliphatic heterocycles. The summed E-state index contributed by atoms with van der Waals surface area (Å²) in [4.78, 5) is 26.8. The van der Waals surface area contributed by atoms with Crippen LogP contribution in [-0.2, 0) is 0 Å². The van der Waals surface area contributed by atoms with Gasteiger partial charge in [-0.2, -0.15) is 5.10 Å². The van der Waals surface area contributed by atoms with Crippen molar-refractivity contribution in [3.05, 3.63) is 28.1 Å². The highest BCUT2D eigenvalue weighted by molar-refractivity contribution is 9.10. The van der Waals surface area contributed by atoms with Crippen molar-refractivity contribution in [2.75, 3.05) is 26.2 Å². The average Bonchev–Trinajstić information content (AvgIpc) is 3.07. The van der Waals surface area contributed by atoms with Crippen molar-refractivity contribution in [1.29, 1.82) is 0 Å². The second-order valence-electron chi connectivity index (χ2n) is 5.77. The Morgan fingerprint density at radius 2 is 2.20 bits per heavy atom. The number of H-pyrrole nitrogens is 1. The normalized spacial score (nSPS) is 18.0. The summed E-state index contributed by atoms with van der Waals surface area (Å²) < 4.78 is 14.4. The van der Waals surface area contributed by atoms with Crippen molar-refractivity contribution in [3.8, 4) is 0 Å². The van der Waals surface area contributed by atoms with E-state index in [9.17, 15) is 19.1 Å². The van der Waals surface area contributed by atoms with E-state index in [1.54, 1.807) is 0 Å². The molecule has 1 aliphatic rings. The molecule has 3 N–H and O–H groups in total. The van der Waals surface area contributed by atoms with Crippen LogP contribution in [0.5, 0.6) is 0 Å². The standard InChI is InChI=1S/C15H16BrFN4O4/c16-12-10-6-18-19-13(10)9(5-11(12)17)14(23)21-3-2-20(15(24)25)7-8(21)1-4-22/h5-6,8,22H,1-4,7H2,(H,18,19)(H,24,25)/t8-/m0/s1. The third-order valence-corrected chi connectivity index (χ3v) is 5.14. The molecular weight excluding hydrogens is 399 g/mol. The number of piperazine rings is 1. The molecule has 134 valence electrons. The Hall–Kier alpha value is -2.20. The highest BCUT2D eigenvalue weighted by atomic mass is 79.9. The molecule has 2 aromatic rings. The number of hydrogen-bond acceptors (Lipinski definition) is 4. The molecule has 8 nitrogen and oxygen atoms in total. The smallest absolute Gasteiger partial charge is 0.407 e. The summed E-state index contributed by atoms with van der Waals surface area (Å²) in [6.07, 6.45) is 0.591. The number of hydrogen-bond donors (Lipinski definition) is 3. The van der Waals surface area contributed by atoms with E-state index in [1.807, 2.05) is 0 Å². The summed E-state index contributed by atoms with van der Waals surface area (Å²) in [6.45, 7) is 0.250. The summed E-state index contributed by atoms with van der Waals surface area (Å²) >= 11 is 3.13. The lowest BCUT2D eigenvalue weighted by molar-refractivity contribution is 0.0399. The maximum absolute atomic E-state index is 14.1.